The van der Waals surface area contributed by atoms with Gasteiger partial charge >= 0.3 is 5.97 Å². The van der Waals surface area contributed by atoms with Gasteiger partial charge in [0.15, 0.2) is 11.6 Å². The molecule has 0 heterocycles. The van der Waals surface area contributed by atoms with Crippen LogP contribution in [0.25, 0.3) is 0 Å². The fourth-order valence-corrected chi connectivity index (χ4v) is 1.86. The average Bonchev–Trinajstić information content (AvgIpc) is 2.34. The molecule has 0 saturated heterocycles. The summed E-state index contributed by atoms with van der Waals surface area (Å²) in [5, 5.41) is 0. The van der Waals surface area contributed by atoms with Crippen molar-refractivity contribution in [2.45, 2.75) is 39.5 Å². The third-order valence-electron chi connectivity index (χ3n) is 2.83. The first-order chi connectivity index (χ1) is 8.52. The monoisotopic (exact) mass is 256 g/mol. The Balaban J connectivity index is 3.13. The molecule has 0 aliphatic heterocycles. The molecule has 0 amide bonds. The summed E-state index contributed by atoms with van der Waals surface area (Å²) in [5.41, 5.74) is 0.314. The maximum absolute atomic E-state index is 13.9. The summed E-state index contributed by atoms with van der Waals surface area (Å²) in [7, 11) is 0. The van der Waals surface area contributed by atoms with E-state index in [-0.39, 0.29) is 17.7 Å². The van der Waals surface area contributed by atoms with Crippen LogP contribution in [0.5, 0.6) is 0 Å². The summed E-state index contributed by atoms with van der Waals surface area (Å²) in [6, 6.07) is 2.95. The number of carbonyl (C=O) groups excluding carboxylic acids is 1. The lowest BCUT2D eigenvalue weighted by atomic mass is 9.93. The van der Waals surface area contributed by atoms with Crippen LogP contribution in [0, 0.1) is 18.6 Å². The topological polar surface area (TPSA) is 26.3 Å². The zero-order valence-corrected chi connectivity index (χ0v) is 10.9. The van der Waals surface area contributed by atoms with E-state index in [2.05, 4.69) is 0 Å². The van der Waals surface area contributed by atoms with Gasteiger partial charge in [-0.2, -0.15) is 0 Å². The molecule has 2 nitrogen and oxygen atoms in total. The maximum Gasteiger partial charge on any atom is 0.313 e. The zero-order valence-electron chi connectivity index (χ0n) is 10.9. The third-order valence-corrected chi connectivity index (χ3v) is 2.83. The number of halogens is 2. The van der Waals surface area contributed by atoms with Gasteiger partial charge in [-0.3, -0.25) is 4.79 Å². The Morgan fingerprint density at radius 3 is 2.50 bits per heavy atom. The number of esters is 1. The molecule has 0 aliphatic carbocycles. The van der Waals surface area contributed by atoms with Crippen molar-refractivity contribution in [1.82, 2.24) is 0 Å². The molecular formula is C14H18F2O2. The van der Waals surface area contributed by atoms with Gasteiger partial charge in [-0.25, -0.2) is 8.78 Å². The standard InChI is InChI=1S/C14H18F2O2/c1-4-6-11(14(17)18-5-2)10-8-7-9(3)12(15)13(10)16/h7-8,11H,4-6H2,1-3H3. The van der Waals surface area contributed by atoms with Gasteiger partial charge in [0.2, 0.25) is 0 Å². The summed E-state index contributed by atoms with van der Waals surface area (Å²) in [6.07, 6.45) is 1.14. The second-order valence-electron chi connectivity index (χ2n) is 4.19. The molecule has 1 unspecified atom stereocenters. The highest BCUT2D eigenvalue weighted by molar-refractivity contribution is 5.78. The molecule has 100 valence electrons. The Labute approximate surface area is 106 Å². The number of ether oxygens (including phenoxy) is 1. The number of carbonyl (C=O) groups is 1. The summed E-state index contributed by atoms with van der Waals surface area (Å²) >= 11 is 0. The molecule has 1 aromatic rings. The van der Waals surface area contributed by atoms with Crippen LogP contribution in [0.15, 0.2) is 12.1 Å². The average molecular weight is 256 g/mol. The summed E-state index contributed by atoms with van der Waals surface area (Å²) < 4.78 is 32.3. The minimum absolute atomic E-state index is 0.0819. The number of aryl methyl sites for hydroxylation is 1. The van der Waals surface area contributed by atoms with Crippen LogP contribution >= 0.6 is 0 Å². The maximum atomic E-state index is 13.9. The minimum atomic E-state index is -0.943. The van der Waals surface area contributed by atoms with E-state index in [0.29, 0.717) is 12.8 Å². The normalized spacial score (nSPS) is 12.3. The molecule has 0 radical (unpaired) electrons. The van der Waals surface area contributed by atoms with Crippen molar-refractivity contribution in [1.29, 1.82) is 0 Å². The van der Waals surface area contributed by atoms with Crippen molar-refractivity contribution in [3.63, 3.8) is 0 Å². The van der Waals surface area contributed by atoms with Gasteiger partial charge in [-0.15, -0.1) is 0 Å². The van der Waals surface area contributed by atoms with Crippen molar-refractivity contribution >= 4 is 5.97 Å². The fraction of sp³-hybridized carbons (Fsp3) is 0.500. The van der Waals surface area contributed by atoms with Crippen LogP contribution in [-0.2, 0) is 9.53 Å². The van der Waals surface area contributed by atoms with Crippen LogP contribution in [0.1, 0.15) is 43.7 Å². The van der Waals surface area contributed by atoms with E-state index in [9.17, 15) is 13.6 Å². The van der Waals surface area contributed by atoms with Gasteiger partial charge in [0, 0.05) is 5.56 Å². The van der Waals surface area contributed by atoms with Crippen LogP contribution in [0.4, 0.5) is 8.78 Å². The molecule has 0 N–H and O–H groups in total. The molecule has 0 aromatic heterocycles. The highest BCUT2D eigenvalue weighted by Gasteiger charge is 2.26. The number of hydrogen-bond donors (Lipinski definition) is 0. The molecule has 0 fully saturated rings. The molecule has 4 heteroatoms. The highest BCUT2D eigenvalue weighted by atomic mass is 19.2. The van der Waals surface area contributed by atoms with Crippen molar-refractivity contribution in [3.05, 3.63) is 34.9 Å². The van der Waals surface area contributed by atoms with Gasteiger partial charge < -0.3 is 4.74 Å². The van der Waals surface area contributed by atoms with Gasteiger partial charge in [-0.05, 0) is 25.8 Å². The molecule has 0 spiro atoms. The molecule has 18 heavy (non-hydrogen) atoms. The van der Waals surface area contributed by atoms with Crippen molar-refractivity contribution < 1.29 is 18.3 Å². The van der Waals surface area contributed by atoms with Gasteiger partial charge in [0.05, 0.1) is 12.5 Å². The second-order valence-corrected chi connectivity index (χ2v) is 4.19. The van der Waals surface area contributed by atoms with E-state index < -0.39 is 23.5 Å². The van der Waals surface area contributed by atoms with Crippen LogP contribution < -0.4 is 0 Å². The lowest BCUT2D eigenvalue weighted by molar-refractivity contribution is -0.145. The molecular weight excluding hydrogens is 238 g/mol. The lowest BCUT2D eigenvalue weighted by Gasteiger charge is -2.16. The van der Waals surface area contributed by atoms with Gasteiger partial charge in [-0.1, -0.05) is 25.5 Å². The van der Waals surface area contributed by atoms with Crippen molar-refractivity contribution in [2.75, 3.05) is 6.61 Å². The van der Waals surface area contributed by atoms with Crippen molar-refractivity contribution in [2.24, 2.45) is 0 Å². The van der Waals surface area contributed by atoms with Crippen molar-refractivity contribution in [3.8, 4) is 0 Å². The molecule has 1 rings (SSSR count). The predicted molar refractivity (Wildman–Crippen MR) is 65.4 cm³/mol. The number of benzene rings is 1. The predicted octanol–water partition coefficient (Wildman–Crippen LogP) is 3.72. The summed E-state index contributed by atoms with van der Waals surface area (Å²) in [5.74, 6) is -3.06. The largest absolute Gasteiger partial charge is 0.466 e. The van der Waals surface area contributed by atoms with E-state index in [4.69, 9.17) is 4.74 Å². The van der Waals surface area contributed by atoms with Crippen LogP contribution in [0.3, 0.4) is 0 Å². The fourth-order valence-electron chi connectivity index (χ4n) is 1.86. The highest BCUT2D eigenvalue weighted by Crippen LogP contribution is 2.28. The number of rotatable bonds is 5. The molecule has 1 aromatic carbocycles. The second kappa shape index (κ2) is 6.47. The van der Waals surface area contributed by atoms with E-state index in [1.165, 1.54) is 19.1 Å². The molecule has 0 saturated carbocycles. The Hall–Kier alpha value is -1.45. The van der Waals surface area contributed by atoms with E-state index in [0.717, 1.165) is 0 Å². The Kier molecular flexibility index (Phi) is 5.25. The lowest BCUT2D eigenvalue weighted by Crippen LogP contribution is -2.18. The van der Waals surface area contributed by atoms with Crippen LogP contribution in [-0.4, -0.2) is 12.6 Å². The SMILES string of the molecule is CCCC(C(=O)OCC)c1ccc(C)c(F)c1F. The first kappa shape index (κ1) is 14.6. The molecule has 0 bridgehead atoms. The van der Waals surface area contributed by atoms with Gasteiger partial charge in [0.25, 0.3) is 0 Å². The first-order valence-electron chi connectivity index (χ1n) is 6.14. The van der Waals surface area contributed by atoms with E-state index in [1.54, 1.807) is 6.92 Å². The quantitative estimate of drug-likeness (QED) is 0.750. The van der Waals surface area contributed by atoms with Crippen LogP contribution in [0.2, 0.25) is 0 Å². The Morgan fingerprint density at radius 2 is 1.94 bits per heavy atom. The number of hydrogen-bond acceptors (Lipinski definition) is 2. The Bertz CT molecular complexity index is 430. The molecule has 1 atom stereocenters. The molecule has 0 aliphatic rings. The third kappa shape index (κ3) is 3.06. The minimum Gasteiger partial charge on any atom is -0.466 e. The van der Waals surface area contributed by atoms with E-state index >= 15 is 0 Å². The first-order valence-corrected chi connectivity index (χ1v) is 6.14. The smallest absolute Gasteiger partial charge is 0.313 e. The zero-order chi connectivity index (χ0) is 13.7. The van der Waals surface area contributed by atoms with E-state index in [1.807, 2.05) is 6.92 Å². The Morgan fingerprint density at radius 1 is 1.28 bits per heavy atom. The summed E-state index contributed by atoms with van der Waals surface area (Å²) in [4.78, 5) is 11.8. The summed E-state index contributed by atoms with van der Waals surface area (Å²) in [6.45, 7) is 5.29. The van der Waals surface area contributed by atoms with Gasteiger partial charge in [0.1, 0.15) is 0 Å².